The lowest BCUT2D eigenvalue weighted by molar-refractivity contribution is -0.163. The van der Waals surface area contributed by atoms with Crippen molar-refractivity contribution >= 4 is 29.5 Å². The predicted octanol–water partition coefficient (Wildman–Crippen LogP) is -0.238. The standard InChI is InChI=1S/C14H18N2O5S/c1-5-10-9(6(2)17)13(19)16(10)11(14(20)21)12(5)22-7-3-8(18)15-4-7/h5-7,9-10,17H,3-4H2,1-2H3,(H,15,18)(H,20,21)/t5-,6-,7+,9-,10-/m1/s1. The van der Waals surface area contributed by atoms with E-state index in [1.54, 1.807) is 6.92 Å². The van der Waals surface area contributed by atoms with Gasteiger partial charge in [0.25, 0.3) is 0 Å². The molecule has 2 saturated heterocycles. The third kappa shape index (κ3) is 2.13. The van der Waals surface area contributed by atoms with Crippen LogP contribution in [0.5, 0.6) is 0 Å². The van der Waals surface area contributed by atoms with E-state index in [9.17, 15) is 24.6 Å². The summed E-state index contributed by atoms with van der Waals surface area (Å²) in [6, 6.07) is -0.300. The van der Waals surface area contributed by atoms with Crippen molar-refractivity contribution in [2.45, 2.75) is 37.7 Å². The number of carbonyl (C=O) groups is 3. The molecule has 22 heavy (non-hydrogen) atoms. The zero-order chi connectivity index (χ0) is 16.2. The fraction of sp³-hybridized carbons (Fsp3) is 0.643. The van der Waals surface area contributed by atoms with Crippen molar-refractivity contribution in [3.05, 3.63) is 10.6 Å². The van der Waals surface area contributed by atoms with Gasteiger partial charge in [0.05, 0.1) is 18.1 Å². The summed E-state index contributed by atoms with van der Waals surface area (Å²) in [6.07, 6.45) is -0.447. The van der Waals surface area contributed by atoms with Gasteiger partial charge >= 0.3 is 5.97 Å². The molecule has 0 radical (unpaired) electrons. The molecule has 3 aliphatic heterocycles. The van der Waals surface area contributed by atoms with Crippen molar-refractivity contribution < 1.29 is 24.6 Å². The van der Waals surface area contributed by atoms with Gasteiger partial charge in [-0.1, -0.05) is 6.92 Å². The van der Waals surface area contributed by atoms with Crippen molar-refractivity contribution in [1.29, 1.82) is 0 Å². The van der Waals surface area contributed by atoms with Crippen molar-refractivity contribution in [3.8, 4) is 0 Å². The molecule has 5 atom stereocenters. The largest absolute Gasteiger partial charge is 0.477 e. The number of aliphatic carboxylic acids is 1. The van der Waals surface area contributed by atoms with Crippen LogP contribution in [0.3, 0.4) is 0 Å². The lowest BCUT2D eigenvalue weighted by Gasteiger charge is -2.46. The summed E-state index contributed by atoms with van der Waals surface area (Å²) < 4.78 is 0. The summed E-state index contributed by atoms with van der Waals surface area (Å²) in [5.41, 5.74) is 0.0174. The summed E-state index contributed by atoms with van der Waals surface area (Å²) in [5.74, 6) is -2.20. The van der Waals surface area contributed by atoms with Gasteiger partial charge in [-0.05, 0) is 6.92 Å². The number of aliphatic hydroxyl groups is 1. The number of nitrogens with one attached hydrogen (secondary N) is 1. The SMILES string of the molecule is C[C@@H](O)[C@H]1C(=O)N2C(C(=O)O)=C(S[C@@H]3CNC(=O)C3)[C@H](C)[C@H]12. The maximum absolute atomic E-state index is 12.2. The van der Waals surface area contributed by atoms with E-state index in [4.69, 9.17) is 0 Å². The van der Waals surface area contributed by atoms with E-state index in [1.807, 2.05) is 6.92 Å². The molecule has 0 aliphatic carbocycles. The summed E-state index contributed by atoms with van der Waals surface area (Å²) >= 11 is 1.37. The number of amides is 2. The monoisotopic (exact) mass is 326 g/mol. The zero-order valence-electron chi connectivity index (χ0n) is 12.3. The van der Waals surface area contributed by atoms with Crippen LogP contribution < -0.4 is 5.32 Å². The minimum atomic E-state index is -1.13. The maximum Gasteiger partial charge on any atom is 0.353 e. The molecule has 2 fully saturated rings. The third-order valence-corrected chi connectivity index (χ3v) is 6.03. The number of carbonyl (C=O) groups excluding carboxylic acids is 2. The highest BCUT2D eigenvalue weighted by molar-refractivity contribution is 8.03. The van der Waals surface area contributed by atoms with Crippen LogP contribution in [0.25, 0.3) is 0 Å². The Hall–Kier alpha value is -1.54. The number of nitrogens with zero attached hydrogens (tertiary/aromatic N) is 1. The highest BCUT2D eigenvalue weighted by Gasteiger charge is 2.60. The summed E-state index contributed by atoms with van der Waals surface area (Å²) in [4.78, 5) is 37.0. The van der Waals surface area contributed by atoms with Gasteiger partial charge in [0, 0.05) is 29.0 Å². The second-order valence-corrected chi connectivity index (χ2v) is 7.36. The Bertz CT molecular complexity index is 588. The number of thioether (sulfide) groups is 1. The van der Waals surface area contributed by atoms with E-state index in [2.05, 4.69) is 5.32 Å². The number of fused-ring (bicyclic) bond motifs is 1. The van der Waals surface area contributed by atoms with Gasteiger partial charge in [0.2, 0.25) is 11.8 Å². The molecular formula is C14H18N2O5S. The lowest BCUT2D eigenvalue weighted by atomic mass is 9.79. The number of aliphatic hydroxyl groups excluding tert-OH is 1. The van der Waals surface area contributed by atoms with Crippen LogP contribution in [-0.4, -0.2) is 56.8 Å². The first-order valence-corrected chi connectivity index (χ1v) is 8.12. The molecular weight excluding hydrogens is 308 g/mol. The van der Waals surface area contributed by atoms with E-state index >= 15 is 0 Å². The molecule has 120 valence electrons. The molecule has 0 spiro atoms. The van der Waals surface area contributed by atoms with Crippen LogP contribution in [0, 0.1) is 11.8 Å². The van der Waals surface area contributed by atoms with Crippen molar-refractivity contribution in [2.24, 2.45) is 11.8 Å². The average molecular weight is 326 g/mol. The molecule has 2 amide bonds. The molecule has 7 nitrogen and oxygen atoms in total. The molecule has 3 aliphatic rings. The van der Waals surface area contributed by atoms with Gasteiger partial charge < -0.3 is 20.4 Å². The number of rotatable bonds is 4. The summed E-state index contributed by atoms with van der Waals surface area (Å²) in [6.45, 7) is 3.94. The van der Waals surface area contributed by atoms with Crippen molar-refractivity contribution in [3.63, 3.8) is 0 Å². The fourth-order valence-corrected chi connectivity index (χ4v) is 4.93. The predicted molar refractivity (Wildman–Crippen MR) is 78.6 cm³/mol. The Morgan fingerprint density at radius 2 is 2.14 bits per heavy atom. The highest BCUT2D eigenvalue weighted by Crippen LogP contribution is 2.51. The molecule has 0 bridgehead atoms. The Balaban J connectivity index is 1.88. The summed E-state index contributed by atoms with van der Waals surface area (Å²) in [5, 5.41) is 22.0. The van der Waals surface area contributed by atoms with E-state index in [0.29, 0.717) is 17.9 Å². The third-order valence-electron chi connectivity index (χ3n) is 4.54. The van der Waals surface area contributed by atoms with Crippen LogP contribution in [-0.2, 0) is 14.4 Å². The van der Waals surface area contributed by atoms with E-state index in [-0.39, 0.29) is 34.7 Å². The number of hydrogen-bond acceptors (Lipinski definition) is 5. The van der Waals surface area contributed by atoms with E-state index in [0.717, 1.165) is 0 Å². The van der Waals surface area contributed by atoms with Gasteiger partial charge in [-0.3, -0.25) is 9.59 Å². The average Bonchev–Trinajstić information content (AvgIpc) is 2.92. The van der Waals surface area contributed by atoms with Crippen LogP contribution in [0.2, 0.25) is 0 Å². The Labute approximate surface area is 131 Å². The van der Waals surface area contributed by atoms with Crippen LogP contribution in [0.15, 0.2) is 10.6 Å². The minimum Gasteiger partial charge on any atom is -0.477 e. The van der Waals surface area contributed by atoms with Crippen LogP contribution in [0.1, 0.15) is 20.3 Å². The fourth-order valence-electron chi connectivity index (χ4n) is 3.52. The molecule has 3 N–H and O–H groups in total. The first-order valence-electron chi connectivity index (χ1n) is 7.25. The molecule has 0 aromatic rings. The van der Waals surface area contributed by atoms with Gasteiger partial charge in [-0.2, -0.15) is 0 Å². The molecule has 3 heterocycles. The first kappa shape index (κ1) is 15.4. The Kier molecular flexibility index (Phi) is 3.68. The number of hydrogen-bond donors (Lipinski definition) is 3. The molecule has 8 heteroatoms. The summed E-state index contributed by atoms with van der Waals surface area (Å²) in [7, 11) is 0. The number of carboxylic acid groups (broad SMARTS) is 1. The second-order valence-electron chi connectivity index (χ2n) is 6.02. The topological polar surface area (TPSA) is 107 Å². The molecule has 0 unspecified atom stereocenters. The highest BCUT2D eigenvalue weighted by atomic mass is 32.2. The maximum atomic E-state index is 12.2. The molecule has 0 saturated carbocycles. The smallest absolute Gasteiger partial charge is 0.353 e. The number of carboxylic acids is 1. The first-order chi connectivity index (χ1) is 10.3. The van der Waals surface area contributed by atoms with Gasteiger partial charge in [0.15, 0.2) is 0 Å². The van der Waals surface area contributed by atoms with Crippen LogP contribution in [0.4, 0.5) is 0 Å². The van der Waals surface area contributed by atoms with Gasteiger partial charge in [-0.15, -0.1) is 11.8 Å². The Morgan fingerprint density at radius 1 is 1.45 bits per heavy atom. The molecule has 0 aromatic heterocycles. The zero-order valence-corrected chi connectivity index (χ0v) is 13.1. The quantitative estimate of drug-likeness (QED) is 0.616. The second kappa shape index (κ2) is 5.27. The van der Waals surface area contributed by atoms with Gasteiger partial charge in [0.1, 0.15) is 5.70 Å². The lowest BCUT2D eigenvalue weighted by Crippen LogP contribution is -2.63. The Morgan fingerprint density at radius 3 is 2.64 bits per heavy atom. The van der Waals surface area contributed by atoms with Crippen molar-refractivity contribution in [1.82, 2.24) is 10.2 Å². The van der Waals surface area contributed by atoms with E-state index in [1.165, 1.54) is 16.7 Å². The molecule has 3 rings (SSSR count). The van der Waals surface area contributed by atoms with Crippen LogP contribution >= 0.6 is 11.8 Å². The van der Waals surface area contributed by atoms with Gasteiger partial charge in [-0.25, -0.2) is 4.79 Å². The number of β-lactam (4-membered cyclic amide) rings is 1. The molecule has 0 aromatic carbocycles. The normalized spacial score (nSPS) is 35.3. The van der Waals surface area contributed by atoms with E-state index < -0.39 is 18.0 Å². The minimum absolute atomic E-state index is 0.0156. The van der Waals surface area contributed by atoms with Crippen molar-refractivity contribution in [2.75, 3.05) is 6.54 Å².